The van der Waals surface area contributed by atoms with Crippen molar-refractivity contribution in [2.24, 2.45) is 7.05 Å². The molecule has 5 heteroatoms. The molecule has 0 atom stereocenters. The fourth-order valence-corrected chi connectivity index (χ4v) is 2.38. The summed E-state index contributed by atoms with van der Waals surface area (Å²) in [4.78, 5) is 14.2. The molecule has 5 nitrogen and oxygen atoms in total. The summed E-state index contributed by atoms with van der Waals surface area (Å²) in [5.74, 6) is 0.101. The van der Waals surface area contributed by atoms with Crippen LogP contribution >= 0.6 is 0 Å². The number of aromatic nitrogens is 2. The minimum atomic E-state index is 0.101. The number of carbonyl (C=O) groups is 1. The first-order valence-corrected chi connectivity index (χ1v) is 6.73. The highest BCUT2D eigenvalue weighted by Crippen LogP contribution is 2.13. The van der Waals surface area contributed by atoms with Crippen LogP contribution in [0.5, 0.6) is 0 Å². The maximum absolute atomic E-state index is 12.2. The summed E-state index contributed by atoms with van der Waals surface area (Å²) in [7, 11) is 1.81. The average molecular weight is 250 g/mol. The molecule has 1 aliphatic rings. The fourth-order valence-electron chi connectivity index (χ4n) is 2.38. The Kier molecular flexibility index (Phi) is 4.36. The summed E-state index contributed by atoms with van der Waals surface area (Å²) in [5, 5.41) is 7.57. The van der Waals surface area contributed by atoms with Crippen LogP contribution in [0.3, 0.4) is 0 Å². The van der Waals surface area contributed by atoms with E-state index in [1.807, 2.05) is 11.9 Å². The first-order valence-electron chi connectivity index (χ1n) is 6.73. The first kappa shape index (κ1) is 13.1. The highest BCUT2D eigenvalue weighted by atomic mass is 16.2. The standard InChI is InChI=1S/C13H22N4O/c1-3-7-14-11-5-9-17(10-6-11)13(18)12-4-8-15-16(12)2/h4,8,11,14H,3,5-7,9-10H2,1-2H3. The molecule has 2 rings (SSSR count). The molecule has 1 amide bonds. The van der Waals surface area contributed by atoms with Gasteiger partial charge < -0.3 is 10.2 Å². The Labute approximate surface area is 108 Å². The third-order valence-corrected chi connectivity index (χ3v) is 3.51. The topological polar surface area (TPSA) is 50.2 Å². The van der Waals surface area contributed by atoms with Crippen molar-refractivity contribution >= 4 is 5.91 Å². The smallest absolute Gasteiger partial charge is 0.272 e. The molecule has 100 valence electrons. The van der Waals surface area contributed by atoms with Crippen molar-refractivity contribution in [2.45, 2.75) is 32.2 Å². The van der Waals surface area contributed by atoms with Crippen LogP contribution < -0.4 is 5.32 Å². The Hall–Kier alpha value is -1.36. The molecular weight excluding hydrogens is 228 g/mol. The van der Waals surface area contributed by atoms with Gasteiger partial charge in [0.25, 0.3) is 5.91 Å². The largest absolute Gasteiger partial charge is 0.337 e. The first-order chi connectivity index (χ1) is 8.72. The van der Waals surface area contributed by atoms with E-state index >= 15 is 0 Å². The lowest BCUT2D eigenvalue weighted by molar-refractivity contribution is 0.0694. The number of aryl methyl sites for hydroxylation is 1. The number of nitrogens with zero attached hydrogens (tertiary/aromatic N) is 3. The van der Waals surface area contributed by atoms with E-state index in [-0.39, 0.29) is 5.91 Å². The average Bonchev–Trinajstić information content (AvgIpc) is 2.82. The van der Waals surface area contributed by atoms with Gasteiger partial charge in [-0.2, -0.15) is 5.10 Å². The number of hydrogen-bond donors (Lipinski definition) is 1. The van der Waals surface area contributed by atoms with Crippen LogP contribution in [-0.2, 0) is 7.05 Å². The molecule has 18 heavy (non-hydrogen) atoms. The number of hydrogen-bond acceptors (Lipinski definition) is 3. The van der Waals surface area contributed by atoms with Crippen LogP contribution in [0.4, 0.5) is 0 Å². The van der Waals surface area contributed by atoms with Gasteiger partial charge in [0.15, 0.2) is 0 Å². The van der Waals surface area contributed by atoms with Gasteiger partial charge in [-0.25, -0.2) is 0 Å². The molecule has 1 fully saturated rings. The van der Waals surface area contributed by atoms with Crippen molar-refractivity contribution in [3.8, 4) is 0 Å². The molecule has 1 aromatic rings. The third kappa shape index (κ3) is 2.90. The highest BCUT2D eigenvalue weighted by Gasteiger charge is 2.24. The predicted molar refractivity (Wildman–Crippen MR) is 70.4 cm³/mol. The molecule has 1 saturated heterocycles. The van der Waals surface area contributed by atoms with E-state index in [1.54, 1.807) is 16.9 Å². The molecular formula is C13H22N4O. The predicted octanol–water partition coefficient (Wildman–Crippen LogP) is 1.02. The van der Waals surface area contributed by atoms with E-state index in [0.29, 0.717) is 11.7 Å². The molecule has 1 N–H and O–H groups in total. The second-order valence-corrected chi connectivity index (χ2v) is 4.86. The lowest BCUT2D eigenvalue weighted by Gasteiger charge is -2.32. The van der Waals surface area contributed by atoms with Crippen molar-refractivity contribution in [3.63, 3.8) is 0 Å². The Morgan fingerprint density at radius 2 is 2.22 bits per heavy atom. The Morgan fingerprint density at radius 3 is 2.78 bits per heavy atom. The lowest BCUT2D eigenvalue weighted by Crippen LogP contribution is -2.45. The molecule has 0 aromatic carbocycles. The van der Waals surface area contributed by atoms with Crippen LogP contribution in [0, 0.1) is 0 Å². The number of amides is 1. The number of nitrogens with one attached hydrogen (secondary N) is 1. The normalized spacial score (nSPS) is 17.1. The quantitative estimate of drug-likeness (QED) is 0.868. The summed E-state index contributed by atoms with van der Waals surface area (Å²) >= 11 is 0. The number of rotatable bonds is 4. The van der Waals surface area contributed by atoms with Gasteiger partial charge in [-0.15, -0.1) is 0 Å². The van der Waals surface area contributed by atoms with Gasteiger partial charge in [-0.1, -0.05) is 6.92 Å². The second-order valence-electron chi connectivity index (χ2n) is 4.86. The van der Waals surface area contributed by atoms with Crippen molar-refractivity contribution in [2.75, 3.05) is 19.6 Å². The highest BCUT2D eigenvalue weighted by molar-refractivity contribution is 5.92. The molecule has 2 heterocycles. The van der Waals surface area contributed by atoms with Gasteiger partial charge in [0.2, 0.25) is 0 Å². The van der Waals surface area contributed by atoms with Gasteiger partial charge in [0.05, 0.1) is 0 Å². The number of likely N-dealkylation sites (tertiary alicyclic amines) is 1. The van der Waals surface area contributed by atoms with Crippen molar-refractivity contribution < 1.29 is 4.79 Å². The molecule has 0 saturated carbocycles. The molecule has 0 radical (unpaired) electrons. The molecule has 0 unspecified atom stereocenters. The van der Waals surface area contributed by atoms with E-state index in [9.17, 15) is 4.79 Å². The summed E-state index contributed by atoms with van der Waals surface area (Å²) in [6.07, 6.45) is 4.92. The Bertz CT molecular complexity index is 393. The number of piperidine rings is 1. The van der Waals surface area contributed by atoms with Crippen LogP contribution in [0.1, 0.15) is 36.7 Å². The van der Waals surface area contributed by atoms with E-state index < -0.39 is 0 Å². The zero-order valence-corrected chi connectivity index (χ0v) is 11.2. The number of carbonyl (C=O) groups excluding carboxylic acids is 1. The summed E-state index contributed by atoms with van der Waals surface area (Å²) in [6.45, 7) is 4.92. The second kappa shape index (κ2) is 6.00. The van der Waals surface area contributed by atoms with Crippen molar-refractivity contribution in [3.05, 3.63) is 18.0 Å². The summed E-state index contributed by atoms with van der Waals surface area (Å²) < 4.78 is 1.64. The maximum atomic E-state index is 12.2. The van der Waals surface area contributed by atoms with Crippen molar-refractivity contribution in [1.82, 2.24) is 20.0 Å². The maximum Gasteiger partial charge on any atom is 0.272 e. The van der Waals surface area contributed by atoms with Crippen molar-refractivity contribution in [1.29, 1.82) is 0 Å². The van der Waals surface area contributed by atoms with Gasteiger partial charge in [0, 0.05) is 32.4 Å². The summed E-state index contributed by atoms with van der Waals surface area (Å²) in [5.41, 5.74) is 0.676. The zero-order valence-electron chi connectivity index (χ0n) is 11.2. The van der Waals surface area contributed by atoms with Gasteiger partial charge >= 0.3 is 0 Å². The minimum absolute atomic E-state index is 0.101. The van der Waals surface area contributed by atoms with Crippen LogP contribution in [0.15, 0.2) is 12.3 Å². The monoisotopic (exact) mass is 250 g/mol. The molecule has 0 bridgehead atoms. The van der Waals surface area contributed by atoms with E-state index in [4.69, 9.17) is 0 Å². The minimum Gasteiger partial charge on any atom is -0.337 e. The van der Waals surface area contributed by atoms with Crippen LogP contribution in [-0.4, -0.2) is 46.3 Å². The van der Waals surface area contributed by atoms with Crippen LogP contribution in [0.25, 0.3) is 0 Å². The molecule has 1 aliphatic heterocycles. The van der Waals surface area contributed by atoms with Gasteiger partial charge in [0.1, 0.15) is 5.69 Å². The van der Waals surface area contributed by atoms with Gasteiger partial charge in [-0.3, -0.25) is 9.48 Å². The zero-order chi connectivity index (χ0) is 13.0. The van der Waals surface area contributed by atoms with E-state index in [1.165, 1.54) is 0 Å². The fraction of sp³-hybridized carbons (Fsp3) is 0.692. The molecule has 1 aromatic heterocycles. The Balaban J connectivity index is 1.86. The third-order valence-electron chi connectivity index (χ3n) is 3.51. The van der Waals surface area contributed by atoms with E-state index in [0.717, 1.165) is 38.9 Å². The van der Waals surface area contributed by atoms with E-state index in [2.05, 4.69) is 17.3 Å². The molecule has 0 aliphatic carbocycles. The molecule has 0 spiro atoms. The van der Waals surface area contributed by atoms with Crippen LogP contribution in [0.2, 0.25) is 0 Å². The SMILES string of the molecule is CCCNC1CCN(C(=O)c2ccnn2C)CC1. The summed E-state index contributed by atoms with van der Waals surface area (Å²) in [6, 6.07) is 2.35. The lowest BCUT2D eigenvalue weighted by atomic mass is 10.0. The van der Waals surface area contributed by atoms with Gasteiger partial charge in [-0.05, 0) is 31.9 Å². The Morgan fingerprint density at radius 1 is 1.50 bits per heavy atom.